The zero-order valence-corrected chi connectivity index (χ0v) is 31.0. The van der Waals surface area contributed by atoms with Crippen LogP contribution in [0.5, 0.6) is 0 Å². The van der Waals surface area contributed by atoms with Crippen molar-refractivity contribution in [2.75, 3.05) is 0 Å². The number of rotatable bonds is 2. The van der Waals surface area contributed by atoms with E-state index < -0.39 is 5.82 Å². The summed E-state index contributed by atoms with van der Waals surface area (Å²) in [4.78, 5) is 0. The molecule has 0 saturated heterocycles. The van der Waals surface area contributed by atoms with E-state index in [1.54, 1.807) is 0 Å². The summed E-state index contributed by atoms with van der Waals surface area (Å²) >= 11 is 0. The van der Waals surface area contributed by atoms with Crippen molar-refractivity contribution in [1.82, 2.24) is 9.13 Å². The molecule has 1 atom stereocenters. The van der Waals surface area contributed by atoms with Gasteiger partial charge in [0, 0.05) is 32.8 Å². The Bertz CT molecular complexity index is 3170. The summed E-state index contributed by atoms with van der Waals surface area (Å²) in [6, 6.07) is 44.4. The number of nitriles is 2. The quantitative estimate of drug-likeness (QED) is 0.179. The molecule has 3 aliphatic carbocycles. The smallest absolute Gasteiger partial charge is 0.162 e. The van der Waals surface area contributed by atoms with Crippen molar-refractivity contribution < 1.29 is 4.39 Å². The number of fused-ring (bicyclic) bond motifs is 12. The standard InChI is InChI=1S/C50H35FN4/c1-49(2)38-17-9-5-13-28(38)32-21-34-30-15-7-11-19-42(30)54(44(34)23-40(32)49)46-25-47(37(27-53)48(51)36(46)26-52)55-43-20-12-8-16-31(43)35-22-33-29-14-6-10-18-39(29)50(3,4)41(33)24-45(35)55/h5-23,25,41H,24H2,1-4H3. The molecule has 55 heavy (non-hydrogen) atoms. The maximum absolute atomic E-state index is 17.2. The first kappa shape index (κ1) is 31.8. The number of halogens is 1. The largest absolute Gasteiger partial charge is 0.311 e. The first-order valence-electron chi connectivity index (χ1n) is 18.9. The van der Waals surface area contributed by atoms with Gasteiger partial charge in [0.05, 0.1) is 27.9 Å². The van der Waals surface area contributed by atoms with Crippen LogP contribution in [0.25, 0.3) is 66.9 Å². The van der Waals surface area contributed by atoms with Crippen molar-refractivity contribution in [3.05, 3.63) is 166 Å². The number of para-hydroxylation sites is 2. The maximum atomic E-state index is 17.2. The van der Waals surface area contributed by atoms with Crippen LogP contribution in [0, 0.1) is 34.4 Å². The minimum absolute atomic E-state index is 0.128. The molecule has 0 saturated carbocycles. The van der Waals surface area contributed by atoms with Crippen LogP contribution in [0.2, 0.25) is 0 Å². The molecular formula is C50H35FN4. The molecule has 11 rings (SSSR count). The fraction of sp³-hybridized carbons (Fsp3) is 0.160. The molecule has 2 heterocycles. The van der Waals surface area contributed by atoms with Crippen molar-refractivity contribution in [3.8, 4) is 34.6 Å². The third-order valence-electron chi connectivity index (χ3n) is 13.2. The van der Waals surface area contributed by atoms with Crippen LogP contribution in [0.4, 0.5) is 4.39 Å². The number of hydrogen-bond acceptors (Lipinski definition) is 2. The van der Waals surface area contributed by atoms with Crippen LogP contribution in [-0.4, -0.2) is 9.13 Å². The summed E-state index contributed by atoms with van der Waals surface area (Å²) in [6.45, 7) is 9.13. The van der Waals surface area contributed by atoms with Gasteiger partial charge in [-0.3, -0.25) is 0 Å². The Morgan fingerprint density at radius 3 is 1.93 bits per heavy atom. The van der Waals surface area contributed by atoms with E-state index in [-0.39, 0.29) is 27.9 Å². The van der Waals surface area contributed by atoms with Gasteiger partial charge in [0.1, 0.15) is 23.3 Å². The lowest BCUT2D eigenvalue weighted by Crippen LogP contribution is -2.28. The van der Waals surface area contributed by atoms with Gasteiger partial charge in [-0.2, -0.15) is 10.5 Å². The summed E-state index contributed by atoms with van der Waals surface area (Å²) in [5.41, 5.74) is 13.8. The van der Waals surface area contributed by atoms with Gasteiger partial charge in [0.2, 0.25) is 0 Å². The molecule has 5 heteroatoms. The highest BCUT2D eigenvalue weighted by Gasteiger charge is 2.45. The minimum Gasteiger partial charge on any atom is -0.311 e. The number of aromatic nitrogens is 2. The Balaban J connectivity index is 1.22. The Kier molecular flexibility index (Phi) is 6.20. The number of nitrogens with zero attached hydrogens (tertiary/aromatic N) is 4. The Morgan fingerprint density at radius 2 is 1.20 bits per heavy atom. The minimum atomic E-state index is -0.801. The molecule has 0 radical (unpaired) electrons. The van der Waals surface area contributed by atoms with Crippen LogP contribution < -0.4 is 0 Å². The van der Waals surface area contributed by atoms with Crippen LogP contribution in [0.1, 0.15) is 72.3 Å². The van der Waals surface area contributed by atoms with Crippen LogP contribution in [-0.2, 0) is 17.3 Å². The third-order valence-corrected chi connectivity index (χ3v) is 13.2. The molecule has 262 valence electrons. The van der Waals surface area contributed by atoms with Gasteiger partial charge in [-0.25, -0.2) is 4.39 Å². The van der Waals surface area contributed by atoms with Crippen molar-refractivity contribution >= 4 is 44.4 Å². The van der Waals surface area contributed by atoms with E-state index >= 15 is 4.39 Å². The van der Waals surface area contributed by atoms with E-state index in [9.17, 15) is 10.5 Å². The van der Waals surface area contributed by atoms with Crippen molar-refractivity contribution in [2.45, 2.75) is 44.9 Å². The van der Waals surface area contributed by atoms with Gasteiger partial charge in [-0.05, 0) is 93.1 Å². The molecule has 2 aromatic heterocycles. The van der Waals surface area contributed by atoms with Crippen LogP contribution in [0.3, 0.4) is 0 Å². The molecule has 0 bridgehead atoms. The molecule has 3 aliphatic rings. The van der Waals surface area contributed by atoms with Gasteiger partial charge >= 0.3 is 0 Å². The highest BCUT2D eigenvalue weighted by molar-refractivity contribution is 6.12. The fourth-order valence-corrected chi connectivity index (χ4v) is 10.5. The first-order valence-corrected chi connectivity index (χ1v) is 18.9. The number of benzene rings is 6. The van der Waals surface area contributed by atoms with Gasteiger partial charge < -0.3 is 9.13 Å². The molecule has 1 unspecified atom stereocenters. The Hall–Kier alpha value is -6.69. The maximum Gasteiger partial charge on any atom is 0.162 e. The molecule has 4 nitrogen and oxygen atoms in total. The lowest BCUT2D eigenvalue weighted by Gasteiger charge is -2.32. The van der Waals surface area contributed by atoms with E-state index in [1.807, 2.05) is 41.0 Å². The second-order valence-corrected chi connectivity index (χ2v) is 16.5. The fourth-order valence-electron chi connectivity index (χ4n) is 10.5. The molecule has 0 fully saturated rings. The predicted octanol–water partition coefficient (Wildman–Crippen LogP) is 11.9. The average Bonchev–Trinajstić information content (AvgIpc) is 3.85. The molecule has 0 amide bonds. The summed E-state index contributed by atoms with van der Waals surface area (Å²) in [6.07, 6.45) is 3.05. The summed E-state index contributed by atoms with van der Waals surface area (Å²) < 4.78 is 21.3. The van der Waals surface area contributed by atoms with E-state index in [2.05, 4.69) is 129 Å². The Morgan fingerprint density at radius 1 is 0.600 bits per heavy atom. The van der Waals surface area contributed by atoms with Crippen molar-refractivity contribution in [1.29, 1.82) is 10.5 Å². The van der Waals surface area contributed by atoms with Crippen LogP contribution >= 0.6 is 0 Å². The van der Waals surface area contributed by atoms with Crippen molar-refractivity contribution in [2.24, 2.45) is 5.92 Å². The number of allylic oxidation sites excluding steroid dienone is 1. The Labute approximate surface area is 318 Å². The van der Waals surface area contributed by atoms with Crippen LogP contribution in [0.15, 0.2) is 115 Å². The zero-order chi connectivity index (χ0) is 37.5. The van der Waals surface area contributed by atoms with Crippen molar-refractivity contribution in [3.63, 3.8) is 0 Å². The lowest BCUT2D eigenvalue weighted by molar-refractivity contribution is 0.405. The average molecular weight is 711 g/mol. The van der Waals surface area contributed by atoms with Gasteiger partial charge in [0.15, 0.2) is 5.82 Å². The molecule has 0 spiro atoms. The first-order chi connectivity index (χ1) is 26.6. The highest BCUT2D eigenvalue weighted by Crippen LogP contribution is 2.56. The van der Waals surface area contributed by atoms with E-state index in [0.717, 1.165) is 50.4 Å². The molecule has 0 aliphatic heterocycles. The lowest BCUT2D eigenvalue weighted by atomic mass is 9.73. The number of hydrogen-bond donors (Lipinski definition) is 0. The van der Waals surface area contributed by atoms with E-state index in [1.165, 1.54) is 39.0 Å². The van der Waals surface area contributed by atoms with Gasteiger partial charge in [-0.1, -0.05) is 113 Å². The topological polar surface area (TPSA) is 57.4 Å². The van der Waals surface area contributed by atoms with E-state index in [4.69, 9.17) is 0 Å². The zero-order valence-electron chi connectivity index (χ0n) is 31.0. The second-order valence-electron chi connectivity index (χ2n) is 16.5. The SMILES string of the molecule is CC1(C)c2ccccc2-c2cc3c4ccccc4n(-c4cc(-n5c6c(c7ccccc75)C=C5c7ccccc7C(C)(C)C5C6)c(C#N)c(F)c4C#N)c3cc21. The van der Waals surface area contributed by atoms with E-state index in [0.29, 0.717) is 11.4 Å². The molecular weight excluding hydrogens is 676 g/mol. The summed E-state index contributed by atoms with van der Waals surface area (Å²) in [7, 11) is 0. The normalized spacial score (nSPS) is 16.9. The predicted molar refractivity (Wildman–Crippen MR) is 219 cm³/mol. The summed E-state index contributed by atoms with van der Waals surface area (Å²) in [5.74, 6) is -0.606. The monoisotopic (exact) mass is 710 g/mol. The molecule has 8 aromatic rings. The molecule has 6 aromatic carbocycles. The molecule has 0 N–H and O–H groups in total. The highest BCUT2D eigenvalue weighted by atomic mass is 19.1. The van der Waals surface area contributed by atoms with Gasteiger partial charge in [0.25, 0.3) is 0 Å². The second kappa shape index (κ2) is 10.7. The third kappa shape index (κ3) is 3.92. The summed E-state index contributed by atoms with van der Waals surface area (Å²) in [5, 5.41) is 24.5. The van der Waals surface area contributed by atoms with Gasteiger partial charge in [-0.15, -0.1) is 0 Å².